The van der Waals surface area contributed by atoms with E-state index in [9.17, 15) is 14.0 Å². The van der Waals surface area contributed by atoms with Gasteiger partial charge in [-0.25, -0.2) is 24.5 Å². The Morgan fingerprint density at radius 1 is 1.52 bits per heavy atom. The number of carbonyl (C=O) groups excluding carboxylic acids is 2. The highest BCUT2D eigenvalue weighted by molar-refractivity contribution is 5.90. The fourth-order valence-electron chi connectivity index (χ4n) is 2.86. The van der Waals surface area contributed by atoms with Crippen LogP contribution in [0.3, 0.4) is 0 Å². The molecule has 1 amide bonds. The van der Waals surface area contributed by atoms with Gasteiger partial charge in [-0.2, -0.15) is 5.10 Å². The summed E-state index contributed by atoms with van der Waals surface area (Å²) < 4.78 is 26.0. The monoisotopic (exact) mass is 404 g/mol. The van der Waals surface area contributed by atoms with Crippen LogP contribution in [0.25, 0.3) is 5.69 Å². The van der Waals surface area contributed by atoms with Crippen LogP contribution in [0.15, 0.2) is 43.0 Å². The molecule has 0 aliphatic carbocycles. The molecule has 29 heavy (non-hydrogen) atoms. The lowest BCUT2D eigenvalue weighted by Crippen LogP contribution is -2.36. The van der Waals surface area contributed by atoms with Crippen molar-refractivity contribution in [2.75, 3.05) is 24.6 Å². The standard InChI is InChI=1S/C18H21FN6O4/c1-2-28-17(26)12-8-22-25(9-12)16-4-3-13(7-15(16)19)24-11-14(29-18(24)27)10-23(21)6-5-20/h3-9,14H,2,10-11,20-21H2,1H3/b6-5-. The maximum atomic E-state index is 14.7. The minimum Gasteiger partial charge on any atom is -0.462 e. The maximum absolute atomic E-state index is 14.7. The highest BCUT2D eigenvalue weighted by atomic mass is 19.1. The summed E-state index contributed by atoms with van der Waals surface area (Å²) in [5.41, 5.74) is 5.92. The van der Waals surface area contributed by atoms with Gasteiger partial charge >= 0.3 is 12.1 Å². The molecule has 3 rings (SSSR count). The van der Waals surface area contributed by atoms with Gasteiger partial charge in [-0.1, -0.05) is 0 Å². The number of nitrogens with zero attached hydrogens (tertiary/aromatic N) is 4. The van der Waals surface area contributed by atoms with Gasteiger partial charge in [0.15, 0.2) is 5.82 Å². The average molecular weight is 404 g/mol. The molecule has 1 saturated heterocycles. The fraction of sp³-hybridized carbons (Fsp3) is 0.278. The average Bonchev–Trinajstić information content (AvgIpc) is 3.29. The first-order chi connectivity index (χ1) is 13.9. The smallest absolute Gasteiger partial charge is 0.414 e. The van der Waals surface area contributed by atoms with Gasteiger partial charge in [0.05, 0.1) is 37.1 Å². The van der Waals surface area contributed by atoms with E-state index in [1.54, 1.807) is 13.0 Å². The second kappa shape index (κ2) is 8.61. The summed E-state index contributed by atoms with van der Waals surface area (Å²) in [4.78, 5) is 25.2. The number of benzene rings is 1. The second-order valence-electron chi connectivity index (χ2n) is 6.18. The molecule has 1 aromatic carbocycles. The zero-order valence-electron chi connectivity index (χ0n) is 15.7. The van der Waals surface area contributed by atoms with E-state index in [2.05, 4.69) is 5.10 Å². The number of aromatic nitrogens is 2. The van der Waals surface area contributed by atoms with Crippen LogP contribution in [0.4, 0.5) is 14.9 Å². The molecular formula is C18H21FN6O4. The molecule has 0 saturated carbocycles. The number of anilines is 1. The molecule has 10 nitrogen and oxygen atoms in total. The first kappa shape index (κ1) is 20.1. The normalized spacial score (nSPS) is 16.3. The van der Waals surface area contributed by atoms with Crippen molar-refractivity contribution < 1.29 is 23.5 Å². The van der Waals surface area contributed by atoms with Gasteiger partial charge < -0.3 is 20.2 Å². The third-order valence-corrected chi connectivity index (χ3v) is 4.15. The van der Waals surface area contributed by atoms with E-state index in [1.165, 1.54) is 51.5 Å². The van der Waals surface area contributed by atoms with Gasteiger partial charge in [-0.3, -0.25) is 4.90 Å². The summed E-state index contributed by atoms with van der Waals surface area (Å²) in [5, 5.41) is 5.29. The van der Waals surface area contributed by atoms with E-state index < -0.39 is 24.0 Å². The summed E-state index contributed by atoms with van der Waals surface area (Å²) in [6, 6.07) is 4.22. The van der Waals surface area contributed by atoms with E-state index >= 15 is 0 Å². The van der Waals surface area contributed by atoms with Crippen LogP contribution in [-0.2, 0) is 9.47 Å². The second-order valence-corrected chi connectivity index (χ2v) is 6.18. The fourth-order valence-corrected chi connectivity index (χ4v) is 2.86. The Hall–Kier alpha value is -3.60. The molecule has 4 N–H and O–H groups in total. The molecule has 1 atom stereocenters. The summed E-state index contributed by atoms with van der Waals surface area (Å²) in [6.45, 7) is 2.36. The number of cyclic esters (lactones) is 1. The molecule has 1 unspecified atom stereocenters. The number of halogens is 1. The molecule has 1 fully saturated rings. The lowest BCUT2D eigenvalue weighted by Gasteiger charge is -2.17. The number of esters is 1. The van der Waals surface area contributed by atoms with Crippen molar-refractivity contribution >= 4 is 17.7 Å². The van der Waals surface area contributed by atoms with Crippen molar-refractivity contribution in [3.63, 3.8) is 0 Å². The van der Waals surface area contributed by atoms with Crippen molar-refractivity contribution in [3.8, 4) is 5.69 Å². The summed E-state index contributed by atoms with van der Waals surface area (Å²) in [5.74, 6) is 4.54. The Balaban J connectivity index is 1.74. The van der Waals surface area contributed by atoms with Gasteiger partial charge in [0.25, 0.3) is 0 Å². The molecule has 154 valence electrons. The highest BCUT2D eigenvalue weighted by Crippen LogP contribution is 2.25. The SMILES string of the molecule is CCOC(=O)c1cnn(-c2ccc(N3CC(CN(N)/C=C\N)OC3=O)cc2F)c1. The Morgan fingerprint density at radius 3 is 3.00 bits per heavy atom. The van der Waals surface area contributed by atoms with Crippen LogP contribution in [0, 0.1) is 5.82 Å². The molecule has 2 aromatic rings. The number of carbonyl (C=O) groups is 2. The van der Waals surface area contributed by atoms with Gasteiger partial charge in [0.1, 0.15) is 11.8 Å². The van der Waals surface area contributed by atoms with Gasteiger partial charge in [0, 0.05) is 18.6 Å². The van der Waals surface area contributed by atoms with Gasteiger partial charge in [0.2, 0.25) is 0 Å². The zero-order chi connectivity index (χ0) is 21.0. The quantitative estimate of drug-likeness (QED) is 0.399. The largest absolute Gasteiger partial charge is 0.462 e. The molecular weight excluding hydrogens is 383 g/mol. The van der Waals surface area contributed by atoms with Crippen molar-refractivity contribution in [2.24, 2.45) is 11.6 Å². The van der Waals surface area contributed by atoms with E-state index in [0.29, 0.717) is 5.69 Å². The van der Waals surface area contributed by atoms with Crippen LogP contribution in [0.2, 0.25) is 0 Å². The number of hydrogen-bond acceptors (Lipinski definition) is 8. The van der Waals surface area contributed by atoms with E-state index in [-0.39, 0.29) is 30.9 Å². The Bertz CT molecular complexity index is 931. The molecule has 2 heterocycles. The summed E-state index contributed by atoms with van der Waals surface area (Å²) in [6.07, 6.45) is 4.28. The summed E-state index contributed by atoms with van der Waals surface area (Å²) in [7, 11) is 0. The molecule has 1 aromatic heterocycles. The van der Waals surface area contributed by atoms with Crippen molar-refractivity contribution in [2.45, 2.75) is 13.0 Å². The first-order valence-corrected chi connectivity index (χ1v) is 8.82. The molecule has 0 spiro atoms. The van der Waals surface area contributed by atoms with Crippen LogP contribution < -0.4 is 16.5 Å². The predicted octanol–water partition coefficient (Wildman–Crippen LogP) is 1.12. The molecule has 0 radical (unpaired) electrons. The van der Waals surface area contributed by atoms with Gasteiger partial charge in [-0.05, 0) is 25.1 Å². The van der Waals surface area contributed by atoms with Crippen molar-refractivity contribution in [1.29, 1.82) is 0 Å². The van der Waals surface area contributed by atoms with Crippen molar-refractivity contribution in [1.82, 2.24) is 14.8 Å². The Kier molecular flexibility index (Phi) is 5.98. The number of nitrogens with two attached hydrogens (primary N) is 2. The molecule has 0 bridgehead atoms. The lowest BCUT2D eigenvalue weighted by molar-refractivity contribution is 0.0526. The first-order valence-electron chi connectivity index (χ1n) is 8.82. The summed E-state index contributed by atoms with van der Waals surface area (Å²) >= 11 is 0. The third kappa shape index (κ3) is 4.46. The number of amides is 1. The third-order valence-electron chi connectivity index (χ3n) is 4.15. The van der Waals surface area contributed by atoms with E-state index in [4.69, 9.17) is 21.1 Å². The number of ether oxygens (including phenoxy) is 2. The zero-order valence-corrected chi connectivity index (χ0v) is 15.7. The maximum Gasteiger partial charge on any atom is 0.414 e. The number of hydrogen-bond donors (Lipinski definition) is 2. The Labute approximate surface area is 166 Å². The number of hydrazine groups is 1. The van der Waals surface area contributed by atoms with Crippen LogP contribution in [0.5, 0.6) is 0 Å². The van der Waals surface area contributed by atoms with E-state index in [0.717, 1.165) is 0 Å². The number of rotatable bonds is 7. The lowest BCUT2D eigenvalue weighted by atomic mass is 10.2. The highest BCUT2D eigenvalue weighted by Gasteiger charge is 2.33. The van der Waals surface area contributed by atoms with Crippen LogP contribution in [0.1, 0.15) is 17.3 Å². The minimum atomic E-state index is -0.622. The van der Waals surface area contributed by atoms with Crippen LogP contribution >= 0.6 is 0 Å². The molecule has 11 heteroatoms. The predicted molar refractivity (Wildman–Crippen MR) is 101 cm³/mol. The minimum absolute atomic E-state index is 0.120. The Morgan fingerprint density at radius 2 is 2.31 bits per heavy atom. The van der Waals surface area contributed by atoms with Gasteiger partial charge in [-0.15, -0.1) is 0 Å². The van der Waals surface area contributed by atoms with Crippen molar-refractivity contribution in [3.05, 3.63) is 54.4 Å². The molecule has 1 aliphatic rings. The topological polar surface area (TPSA) is 129 Å². The van der Waals surface area contributed by atoms with E-state index in [1.807, 2.05) is 0 Å². The van der Waals surface area contributed by atoms with Crippen LogP contribution in [-0.4, -0.2) is 52.7 Å². The molecule has 1 aliphatic heterocycles.